The van der Waals surface area contributed by atoms with Crippen LogP contribution in [0.1, 0.15) is 27.2 Å². The number of carbonyl (C=O) groups is 2. The first-order valence-corrected chi connectivity index (χ1v) is 7.03. The summed E-state index contributed by atoms with van der Waals surface area (Å²) in [6.45, 7) is 8.43. The molecule has 1 saturated heterocycles. The van der Waals surface area contributed by atoms with Crippen LogP contribution in [-0.4, -0.2) is 52.6 Å². The summed E-state index contributed by atoms with van der Waals surface area (Å²) in [5, 5.41) is 0. The standard InChI is InChI=1S/C12H21BrN2O2/c1-9(2)11(13)12(17)15-6-4-5-14(7-8-15)10(3)16/h9,11H,4-8H2,1-3H3. The maximum absolute atomic E-state index is 12.1. The quantitative estimate of drug-likeness (QED) is 0.725. The van der Waals surface area contributed by atoms with Crippen LogP contribution in [0.5, 0.6) is 0 Å². The van der Waals surface area contributed by atoms with Gasteiger partial charge in [0.05, 0.1) is 4.83 Å². The first-order chi connectivity index (χ1) is 7.93. The van der Waals surface area contributed by atoms with Crippen LogP contribution in [0.3, 0.4) is 0 Å². The highest BCUT2D eigenvalue weighted by atomic mass is 79.9. The van der Waals surface area contributed by atoms with E-state index in [0.717, 1.165) is 19.5 Å². The van der Waals surface area contributed by atoms with Crippen LogP contribution >= 0.6 is 15.9 Å². The molecule has 1 rings (SSSR count). The molecule has 0 aromatic carbocycles. The van der Waals surface area contributed by atoms with E-state index in [9.17, 15) is 9.59 Å². The molecule has 1 fully saturated rings. The van der Waals surface area contributed by atoms with Crippen molar-refractivity contribution in [3.63, 3.8) is 0 Å². The molecule has 0 spiro atoms. The first-order valence-electron chi connectivity index (χ1n) is 6.12. The van der Waals surface area contributed by atoms with E-state index < -0.39 is 0 Å². The second kappa shape index (κ2) is 6.38. The molecule has 5 heteroatoms. The van der Waals surface area contributed by atoms with Crippen LogP contribution in [0, 0.1) is 5.92 Å². The average molecular weight is 305 g/mol. The molecule has 0 aliphatic carbocycles. The largest absolute Gasteiger partial charge is 0.341 e. The lowest BCUT2D eigenvalue weighted by Crippen LogP contribution is -2.41. The fraction of sp³-hybridized carbons (Fsp3) is 0.833. The topological polar surface area (TPSA) is 40.6 Å². The number of nitrogens with zero attached hydrogens (tertiary/aromatic N) is 2. The molecule has 2 amide bonds. The third-order valence-electron chi connectivity index (χ3n) is 3.07. The Hall–Kier alpha value is -0.580. The van der Waals surface area contributed by atoms with Crippen LogP contribution in [0.25, 0.3) is 0 Å². The highest BCUT2D eigenvalue weighted by molar-refractivity contribution is 9.10. The van der Waals surface area contributed by atoms with Gasteiger partial charge < -0.3 is 9.80 Å². The Morgan fingerprint density at radius 2 is 1.59 bits per heavy atom. The van der Waals surface area contributed by atoms with E-state index in [-0.39, 0.29) is 22.6 Å². The summed E-state index contributed by atoms with van der Waals surface area (Å²) in [4.78, 5) is 27.0. The SMILES string of the molecule is CC(=O)N1CCCN(C(=O)C(Br)C(C)C)CC1. The zero-order valence-corrected chi connectivity index (χ0v) is 12.4. The van der Waals surface area contributed by atoms with Crippen molar-refractivity contribution >= 4 is 27.7 Å². The Kier molecular flexibility index (Phi) is 5.43. The Balaban J connectivity index is 2.57. The summed E-state index contributed by atoms with van der Waals surface area (Å²) < 4.78 is 0. The highest BCUT2D eigenvalue weighted by Gasteiger charge is 2.26. The zero-order chi connectivity index (χ0) is 13.0. The van der Waals surface area contributed by atoms with E-state index in [1.807, 2.05) is 23.6 Å². The van der Waals surface area contributed by atoms with Crippen LogP contribution in [0.2, 0.25) is 0 Å². The Bertz CT molecular complexity index is 294. The van der Waals surface area contributed by atoms with E-state index in [2.05, 4.69) is 15.9 Å². The molecule has 98 valence electrons. The third-order valence-corrected chi connectivity index (χ3v) is 4.52. The fourth-order valence-corrected chi connectivity index (χ4v) is 2.20. The molecule has 17 heavy (non-hydrogen) atoms. The number of hydrogen-bond donors (Lipinski definition) is 0. The molecule has 0 aromatic heterocycles. The first kappa shape index (κ1) is 14.5. The van der Waals surface area contributed by atoms with Gasteiger partial charge in [-0.25, -0.2) is 0 Å². The number of hydrogen-bond acceptors (Lipinski definition) is 2. The Morgan fingerprint density at radius 1 is 1.06 bits per heavy atom. The maximum Gasteiger partial charge on any atom is 0.236 e. The van der Waals surface area contributed by atoms with Crippen molar-refractivity contribution in [3.05, 3.63) is 0 Å². The smallest absolute Gasteiger partial charge is 0.236 e. The number of rotatable bonds is 2. The van der Waals surface area contributed by atoms with E-state index in [1.54, 1.807) is 6.92 Å². The van der Waals surface area contributed by atoms with Gasteiger partial charge in [0, 0.05) is 33.1 Å². The number of amides is 2. The molecule has 0 bridgehead atoms. The monoisotopic (exact) mass is 304 g/mol. The zero-order valence-electron chi connectivity index (χ0n) is 10.8. The number of halogens is 1. The van der Waals surface area contributed by atoms with Gasteiger partial charge in [-0.1, -0.05) is 29.8 Å². The Labute approximate surface area is 111 Å². The lowest BCUT2D eigenvalue weighted by Gasteiger charge is -2.25. The molecule has 1 aliphatic rings. The van der Waals surface area contributed by atoms with E-state index >= 15 is 0 Å². The van der Waals surface area contributed by atoms with Gasteiger partial charge in [-0.3, -0.25) is 9.59 Å². The molecule has 4 nitrogen and oxygen atoms in total. The van der Waals surface area contributed by atoms with Crippen molar-refractivity contribution < 1.29 is 9.59 Å². The molecule has 0 saturated carbocycles. The van der Waals surface area contributed by atoms with Gasteiger partial charge in [0.25, 0.3) is 0 Å². The predicted molar refractivity (Wildman–Crippen MR) is 71.0 cm³/mol. The molecule has 1 heterocycles. The number of alkyl halides is 1. The Morgan fingerprint density at radius 3 is 2.12 bits per heavy atom. The average Bonchev–Trinajstić information content (AvgIpc) is 2.52. The van der Waals surface area contributed by atoms with Crippen molar-refractivity contribution in [2.75, 3.05) is 26.2 Å². The molecular formula is C12H21BrN2O2. The fourth-order valence-electron chi connectivity index (χ4n) is 1.91. The van der Waals surface area contributed by atoms with Gasteiger partial charge in [0.15, 0.2) is 0 Å². The maximum atomic E-state index is 12.1. The third kappa shape index (κ3) is 3.98. The lowest BCUT2D eigenvalue weighted by molar-refractivity contribution is -0.132. The van der Waals surface area contributed by atoms with Gasteiger partial charge in [0.2, 0.25) is 11.8 Å². The van der Waals surface area contributed by atoms with Crippen LogP contribution in [-0.2, 0) is 9.59 Å². The van der Waals surface area contributed by atoms with E-state index in [1.165, 1.54) is 0 Å². The van der Waals surface area contributed by atoms with E-state index in [0.29, 0.717) is 13.1 Å². The summed E-state index contributed by atoms with van der Waals surface area (Å²) in [5.41, 5.74) is 0. The summed E-state index contributed by atoms with van der Waals surface area (Å²) in [6, 6.07) is 0. The molecule has 1 atom stereocenters. The normalized spacial score (nSPS) is 19.1. The van der Waals surface area contributed by atoms with Gasteiger partial charge in [-0.05, 0) is 12.3 Å². The predicted octanol–water partition coefficient (Wildman–Crippen LogP) is 1.49. The molecule has 1 unspecified atom stereocenters. The highest BCUT2D eigenvalue weighted by Crippen LogP contribution is 2.16. The molecule has 0 aromatic rings. The van der Waals surface area contributed by atoms with Crippen LogP contribution in [0.4, 0.5) is 0 Å². The lowest BCUT2D eigenvalue weighted by atomic mass is 10.1. The second-order valence-electron chi connectivity index (χ2n) is 4.83. The van der Waals surface area contributed by atoms with E-state index in [4.69, 9.17) is 0 Å². The van der Waals surface area contributed by atoms with Gasteiger partial charge >= 0.3 is 0 Å². The number of carbonyl (C=O) groups excluding carboxylic acids is 2. The summed E-state index contributed by atoms with van der Waals surface area (Å²) in [7, 11) is 0. The molecule has 1 aliphatic heterocycles. The summed E-state index contributed by atoms with van der Waals surface area (Å²) in [6.07, 6.45) is 0.864. The minimum atomic E-state index is -0.119. The van der Waals surface area contributed by atoms with Crippen molar-refractivity contribution in [2.45, 2.75) is 32.0 Å². The molecular weight excluding hydrogens is 284 g/mol. The molecule has 0 N–H and O–H groups in total. The van der Waals surface area contributed by atoms with Gasteiger partial charge in [0.1, 0.15) is 0 Å². The van der Waals surface area contributed by atoms with Crippen molar-refractivity contribution in [3.8, 4) is 0 Å². The van der Waals surface area contributed by atoms with Gasteiger partial charge in [-0.15, -0.1) is 0 Å². The van der Waals surface area contributed by atoms with Crippen molar-refractivity contribution in [2.24, 2.45) is 5.92 Å². The van der Waals surface area contributed by atoms with Crippen molar-refractivity contribution in [1.29, 1.82) is 0 Å². The molecule has 0 radical (unpaired) electrons. The second-order valence-corrected chi connectivity index (χ2v) is 5.82. The minimum absolute atomic E-state index is 0.0959. The van der Waals surface area contributed by atoms with Gasteiger partial charge in [-0.2, -0.15) is 0 Å². The van der Waals surface area contributed by atoms with Crippen LogP contribution in [0.15, 0.2) is 0 Å². The summed E-state index contributed by atoms with van der Waals surface area (Å²) >= 11 is 3.44. The minimum Gasteiger partial charge on any atom is -0.341 e. The summed E-state index contributed by atoms with van der Waals surface area (Å²) in [5.74, 6) is 0.526. The van der Waals surface area contributed by atoms with Crippen LogP contribution < -0.4 is 0 Å². The van der Waals surface area contributed by atoms with Crippen molar-refractivity contribution in [1.82, 2.24) is 9.80 Å².